The topological polar surface area (TPSA) is 121 Å². The van der Waals surface area contributed by atoms with E-state index in [-0.39, 0.29) is 12.8 Å². The molecule has 0 aliphatic carbocycles. The molecule has 7 nitrogen and oxygen atoms in total. The summed E-state index contributed by atoms with van der Waals surface area (Å²) in [6.45, 7) is 3.73. The fraction of sp³-hybridized carbons (Fsp3) is 0.263. The Morgan fingerprint density at radius 2 is 1.86 bits per heavy atom. The SMILES string of the molecule is C=CCc1ccccc1Oc1cccc(CCCC(P(=O)(O)O)S(=O)(=O)O)c1. The first-order chi connectivity index (χ1) is 13.1. The highest BCUT2D eigenvalue weighted by Gasteiger charge is 2.38. The summed E-state index contributed by atoms with van der Waals surface area (Å²) in [6, 6.07) is 14.7. The molecule has 0 heterocycles. The van der Waals surface area contributed by atoms with Gasteiger partial charge in [0.05, 0.1) is 0 Å². The molecule has 0 amide bonds. The molecule has 0 saturated carbocycles. The predicted octanol–water partition coefficient (Wildman–Crippen LogP) is 3.92. The average molecular weight is 426 g/mol. The van der Waals surface area contributed by atoms with Crippen LogP contribution in [0.5, 0.6) is 11.5 Å². The van der Waals surface area contributed by atoms with Gasteiger partial charge in [0.15, 0.2) is 4.99 Å². The van der Waals surface area contributed by atoms with E-state index in [1.807, 2.05) is 30.3 Å². The summed E-state index contributed by atoms with van der Waals surface area (Å²) in [5, 5.41) is 0. The number of aryl methyl sites for hydroxylation is 1. The number of hydrogen-bond acceptors (Lipinski definition) is 4. The summed E-state index contributed by atoms with van der Waals surface area (Å²) in [5.41, 5.74) is 1.80. The third-order valence-electron chi connectivity index (χ3n) is 4.10. The summed E-state index contributed by atoms with van der Waals surface area (Å²) in [4.78, 5) is 16.2. The van der Waals surface area contributed by atoms with Crippen LogP contribution < -0.4 is 4.74 Å². The van der Waals surface area contributed by atoms with Crippen LogP contribution in [-0.2, 0) is 27.5 Å². The molecule has 2 rings (SSSR count). The number of hydrogen-bond donors (Lipinski definition) is 3. The second kappa shape index (κ2) is 9.49. The second-order valence-corrected chi connectivity index (χ2v) is 10.1. The Balaban J connectivity index is 2.06. The maximum Gasteiger partial charge on any atom is 0.346 e. The van der Waals surface area contributed by atoms with Crippen molar-refractivity contribution in [2.24, 2.45) is 0 Å². The van der Waals surface area contributed by atoms with Crippen molar-refractivity contribution in [1.82, 2.24) is 0 Å². The average Bonchev–Trinajstić information content (AvgIpc) is 2.59. The molecule has 2 aromatic rings. The molecule has 1 atom stereocenters. The fourth-order valence-electron chi connectivity index (χ4n) is 2.79. The minimum absolute atomic E-state index is 0.173. The molecular formula is C19H23O7PS. The first-order valence-corrected chi connectivity index (χ1v) is 11.8. The van der Waals surface area contributed by atoms with Crippen LogP contribution in [0, 0.1) is 0 Å². The van der Waals surface area contributed by atoms with Crippen molar-refractivity contribution in [3.05, 3.63) is 72.3 Å². The fourth-order valence-corrected chi connectivity index (χ4v) is 5.16. The van der Waals surface area contributed by atoms with Crippen molar-refractivity contribution in [3.63, 3.8) is 0 Å². The van der Waals surface area contributed by atoms with Crippen LogP contribution in [0.1, 0.15) is 24.0 Å². The van der Waals surface area contributed by atoms with Crippen molar-refractivity contribution >= 4 is 17.7 Å². The van der Waals surface area contributed by atoms with E-state index >= 15 is 0 Å². The van der Waals surface area contributed by atoms with E-state index in [1.165, 1.54) is 0 Å². The lowest BCUT2D eigenvalue weighted by Crippen LogP contribution is -2.20. The number of ether oxygens (including phenoxy) is 1. The highest BCUT2D eigenvalue weighted by atomic mass is 32.2. The van der Waals surface area contributed by atoms with Crippen molar-refractivity contribution in [1.29, 1.82) is 0 Å². The van der Waals surface area contributed by atoms with Gasteiger partial charge in [-0.15, -0.1) is 6.58 Å². The number of rotatable bonds is 10. The van der Waals surface area contributed by atoms with Gasteiger partial charge in [-0.3, -0.25) is 9.12 Å². The first-order valence-electron chi connectivity index (χ1n) is 8.58. The number of para-hydroxylation sites is 1. The molecule has 28 heavy (non-hydrogen) atoms. The Labute approximate surface area is 164 Å². The third-order valence-corrected chi connectivity index (χ3v) is 7.65. The summed E-state index contributed by atoms with van der Waals surface area (Å²) < 4.78 is 48.7. The lowest BCUT2D eigenvalue weighted by Gasteiger charge is -2.15. The Morgan fingerprint density at radius 3 is 2.50 bits per heavy atom. The van der Waals surface area contributed by atoms with Crippen molar-refractivity contribution in [3.8, 4) is 11.5 Å². The maximum absolute atomic E-state index is 11.3. The normalized spacial score (nSPS) is 13.1. The molecular weight excluding hydrogens is 403 g/mol. The molecule has 152 valence electrons. The Kier molecular flexibility index (Phi) is 7.57. The molecule has 0 aliphatic heterocycles. The number of benzene rings is 2. The van der Waals surface area contributed by atoms with Gasteiger partial charge in [0.1, 0.15) is 11.5 Å². The third kappa shape index (κ3) is 6.58. The number of allylic oxidation sites excluding steroid dienone is 1. The lowest BCUT2D eigenvalue weighted by atomic mass is 10.1. The van der Waals surface area contributed by atoms with Gasteiger partial charge in [-0.1, -0.05) is 36.4 Å². The van der Waals surface area contributed by atoms with Gasteiger partial charge in [0.2, 0.25) is 0 Å². The quantitative estimate of drug-likeness (QED) is 0.299. The molecule has 0 aliphatic rings. The van der Waals surface area contributed by atoms with Gasteiger partial charge in [0, 0.05) is 0 Å². The smallest absolute Gasteiger partial charge is 0.346 e. The Bertz CT molecular complexity index is 966. The predicted molar refractivity (Wildman–Crippen MR) is 107 cm³/mol. The van der Waals surface area contributed by atoms with Crippen LogP contribution in [0.2, 0.25) is 0 Å². The molecule has 0 radical (unpaired) electrons. The van der Waals surface area contributed by atoms with Crippen LogP contribution in [0.15, 0.2) is 61.2 Å². The van der Waals surface area contributed by atoms with Crippen molar-refractivity contribution < 1.29 is 32.1 Å². The Hall–Kier alpha value is -1.96. The van der Waals surface area contributed by atoms with Gasteiger partial charge < -0.3 is 14.5 Å². The molecule has 1 unspecified atom stereocenters. The molecule has 0 bridgehead atoms. The van der Waals surface area contributed by atoms with Crippen molar-refractivity contribution in [2.45, 2.75) is 30.7 Å². The summed E-state index contributed by atoms with van der Waals surface area (Å²) in [7, 11) is -9.79. The zero-order valence-electron chi connectivity index (χ0n) is 15.1. The summed E-state index contributed by atoms with van der Waals surface area (Å²) in [5.74, 6) is 1.29. The molecule has 3 N–H and O–H groups in total. The molecule has 0 fully saturated rings. The van der Waals surface area contributed by atoms with Crippen LogP contribution >= 0.6 is 7.60 Å². The van der Waals surface area contributed by atoms with Crippen molar-refractivity contribution in [2.75, 3.05) is 0 Å². The summed E-state index contributed by atoms with van der Waals surface area (Å²) >= 11 is 0. The summed E-state index contributed by atoms with van der Waals surface area (Å²) in [6.07, 6.45) is 2.64. The van der Waals surface area contributed by atoms with Gasteiger partial charge >= 0.3 is 7.60 Å². The van der Waals surface area contributed by atoms with Crippen LogP contribution in [-0.4, -0.2) is 27.7 Å². The van der Waals surface area contributed by atoms with Crippen LogP contribution in [0.4, 0.5) is 0 Å². The van der Waals surface area contributed by atoms with E-state index in [9.17, 15) is 13.0 Å². The van der Waals surface area contributed by atoms with E-state index in [4.69, 9.17) is 19.1 Å². The highest BCUT2D eigenvalue weighted by molar-refractivity contribution is 7.93. The standard InChI is InChI=1S/C19H23O7PS/c1-2-7-16-10-3-4-12-18(16)26-17-11-5-8-15(14-17)9-6-13-19(27(20,21)22)28(23,24)25/h2-5,8,10-12,14,19H,1,6-7,9,13H2,(H2,20,21,22)(H,23,24,25). The minimum atomic E-state index is -4.96. The van der Waals surface area contributed by atoms with Gasteiger partial charge in [-0.2, -0.15) is 8.42 Å². The molecule has 0 saturated heterocycles. The Morgan fingerprint density at radius 1 is 1.14 bits per heavy atom. The monoisotopic (exact) mass is 426 g/mol. The van der Waals surface area contributed by atoms with Crippen LogP contribution in [0.25, 0.3) is 0 Å². The second-order valence-electron chi connectivity index (χ2n) is 6.30. The van der Waals surface area contributed by atoms with Crippen LogP contribution in [0.3, 0.4) is 0 Å². The first kappa shape index (κ1) is 22.3. The van der Waals surface area contributed by atoms with E-state index in [2.05, 4.69) is 6.58 Å². The van der Waals surface area contributed by atoms with E-state index in [1.54, 1.807) is 24.3 Å². The molecule has 0 aromatic heterocycles. The molecule has 0 spiro atoms. The van der Waals surface area contributed by atoms with Gasteiger partial charge in [0.25, 0.3) is 10.1 Å². The van der Waals surface area contributed by atoms with Gasteiger partial charge in [-0.05, 0) is 55.0 Å². The van der Waals surface area contributed by atoms with E-state index in [0.717, 1.165) is 11.1 Å². The van der Waals surface area contributed by atoms with E-state index < -0.39 is 22.7 Å². The maximum atomic E-state index is 11.3. The highest BCUT2D eigenvalue weighted by Crippen LogP contribution is 2.46. The minimum Gasteiger partial charge on any atom is -0.457 e. The zero-order valence-corrected chi connectivity index (χ0v) is 16.9. The van der Waals surface area contributed by atoms with E-state index in [0.29, 0.717) is 24.3 Å². The lowest BCUT2D eigenvalue weighted by molar-refractivity contribution is 0.360. The largest absolute Gasteiger partial charge is 0.457 e. The zero-order chi connectivity index (χ0) is 20.8. The van der Waals surface area contributed by atoms with Gasteiger partial charge in [-0.25, -0.2) is 0 Å². The molecule has 2 aromatic carbocycles. The molecule has 9 heteroatoms.